The fourth-order valence-corrected chi connectivity index (χ4v) is 2.86. The highest BCUT2D eigenvalue weighted by Gasteiger charge is 2.27. The third-order valence-electron chi connectivity index (χ3n) is 4.19. The summed E-state index contributed by atoms with van der Waals surface area (Å²) in [6.07, 6.45) is 2.21. The number of rotatable bonds is 3. The Morgan fingerprint density at radius 1 is 1.32 bits per heavy atom. The summed E-state index contributed by atoms with van der Waals surface area (Å²) in [5.74, 6) is -0.532. The molecule has 1 fully saturated rings. The fourth-order valence-electron chi connectivity index (χ4n) is 2.86. The zero-order chi connectivity index (χ0) is 14.0. The molecule has 1 aromatic carbocycles. The Bertz CT molecular complexity index is 434. The molecule has 4 heteroatoms. The molecule has 0 radical (unpaired) electrons. The van der Waals surface area contributed by atoms with Gasteiger partial charge in [-0.1, -0.05) is 6.07 Å². The lowest BCUT2D eigenvalue weighted by Gasteiger charge is -2.38. The highest BCUT2D eigenvalue weighted by molar-refractivity contribution is 5.22. The van der Waals surface area contributed by atoms with Crippen molar-refractivity contribution < 1.29 is 8.78 Å². The molecule has 1 saturated heterocycles. The Hall–Kier alpha value is -1.00. The zero-order valence-electron chi connectivity index (χ0n) is 11.6. The maximum absolute atomic E-state index is 13.8. The zero-order valence-corrected chi connectivity index (χ0v) is 11.6. The van der Waals surface area contributed by atoms with E-state index in [0.29, 0.717) is 11.5 Å². The summed E-state index contributed by atoms with van der Waals surface area (Å²) in [7, 11) is 0. The summed E-state index contributed by atoms with van der Waals surface area (Å²) >= 11 is 0. The van der Waals surface area contributed by atoms with E-state index in [1.54, 1.807) is 6.07 Å². The van der Waals surface area contributed by atoms with E-state index in [2.05, 4.69) is 4.90 Å². The van der Waals surface area contributed by atoms with Gasteiger partial charge in [0.2, 0.25) is 0 Å². The van der Waals surface area contributed by atoms with Crippen molar-refractivity contribution in [2.45, 2.75) is 38.8 Å². The molecule has 19 heavy (non-hydrogen) atoms. The molecule has 0 aromatic heterocycles. The molecule has 2 nitrogen and oxygen atoms in total. The van der Waals surface area contributed by atoms with Crippen molar-refractivity contribution in [2.24, 2.45) is 11.7 Å². The van der Waals surface area contributed by atoms with E-state index in [1.807, 2.05) is 13.8 Å². The van der Waals surface area contributed by atoms with E-state index >= 15 is 0 Å². The first-order valence-corrected chi connectivity index (χ1v) is 6.93. The molecule has 2 N–H and O–H groups in total. The monoisotopic (exact) mass is 268 g/mol. The minimum Gasteiger partial charge on any atom is -0.328 e. The number of nitrogens with two attached hydrogens (primary N) is 1. The summed E-state index contributed by atoms with van der Waals surface area (Å²) in [6.45, 7) is 5.83. The molecule has 0 saturated carbocycles. The van der Waals surface area contributed by atoms with E-state index < -0.39 is 11.6 Å². The van der Waals surface area contributed by atoms with E-state index in [-0.39, 0.29) is 12.1 Å². The Balaban J connectivity index is 2.12. The van der Waals surface area contributed by atoms with Crippen LogP contribution in [0.5, 0.6) is 0 Å². The van der Waals surface area contributed by atoms with Gasteiger partial charge in [-0.3, -0.25) is 4.90 Å². The maximum Gasteiger partial charge on any atom is 0.130 e. The van der Waals surface area contributed by atoms with Crippen LogP contribution in [0.25, 0.3) is 0 Å². The predicted molar refractivity (Wildman–Crippen MR) is 72.7 cm³/mol. The molecule has 2 rings (SSSR count). The van der Waals surface area contributed by atoms with Gasteiger partial charge in [-0.25, -0.2) is 8.78 Å². The smallest absolute Gasteiger partial charge is 0.130 e. The fraction of sp³-hybridized carbons (Fsp3) is 0.600. The molecule has 3 unspecified atom stereocenters. The summed E-state index contributed by atoms with van der Waals surface area (Å²) in [5.41, 5.74) is 6.53. The second-order valence-corrected chi connectivity index (χ2v) is 5.60. The Labute approximate surface area is 113 Å². The molecule has 0 amide bonds. The number of piperidine rings is 1. The molecule has 1 heterocycles. The van der Waals surface area contributed by atoms with Crippen LogP contribution in [0.3, 0.4) is 0 Å². The molecular weight excluding hydrogens is 246 g/mol. The van der Waals surface area contributed by atoms with Crippen LogP contribution >= 0.6 is 0 Å². The Morgan fingerprint density at radius 2 is 2.05 bits per heavy atom. The van der Waals surface area contributed by atoms with Crippen molar-refractivity contribution in [3.8, 4) is 0 Å². The van der Waals surface area contributed by atoms with E-state index in [1.165, 1.54) is 6.07 Å². The molecule has 3 atom stereocenters. The van der Waals surface area contributed by atoms with Gasteiger partial charge in [0.05, 0.1) is 0 Å². The second kappa shape index (κ2) is 5.97. The quantitative estimate of drug-likeness (QED) is 0.912. The van der Waals surface area contributed by atoms with Gasteiger partial charge >= 0.3 is 0 Å². The highest BCUT2D eigenvalue weighted by Crippen LogP contribution is 2.29. The van der Waals surface area contributed by atoms with Gasteiger partial charge in [0.15, 0.2) is 0 Å². The lowest BCUT2D eigenvalue weighted by molar-refractivity contribution is 0.119. The largest absolute Gasteiger partial charge is 0.328 e. The van der Waals surface area contributed by atoms with Crippen molar-refractivity contribution in [2.75, 3.05) is 13.1 Å². The van der Waals surface area contributed by atoms with Crippen LogP contribution in [0.1, 0.15) is 38.3 Å². The number of likely N-dealkylation sites (tertiary alicyclic amines) is 1. The first-order chi connectivity index (χ1) is 8.99. The number of halogens is 2. The van der Waals surface area contributed by atoms with Gasteiger partial charge in [0, 0.05) is 30.3 Å². The van der Waals surface area contributed by atoms with Crippen LogP contribution in [0.15, 0.2) is 18.2 Å². The molecular formula is C15H22F2N2. The van der Waals surface area contributed by atoms with Crippen molar-refractivity contribution in [1.29, 1.82) is 0 Å². The highest BCUT2D eigenvalue weighted by atomic mass is 19.1. The number of benzene rings is 1. The molecule has 1 aliphatic rings. The van der Waals surface area contributed by atoms with Crippen LogP contribution in [0.2, 0.25) is 0 Å². The van der Waals surface area contributed by atoms with E-state index in [0.717, 1.165) is 32.0 Å². The normalized spacial score (nSPS) is 24.2. The average Bonchev–Trinajstić information content (AvgIpc) is 2.38. The van der Waals surface area contributed by atoms with Crippen molar-refractivity contribution >= 4 is 0 Å². The minimum atomic E-state index is -0.527. The van der Waals surface area contributed by atoms with Gasteiger partial charge in [0.25, 0.3) is 0 Å². The third-order valence-corrected chi connectivity index (χ3v) is 4.19. The number of nitrogens with zero attached hydrogens (tertiary/aromatic N) is 1. The van der Waals surface area contributed by atoms with Crippen molar-refractivity contribution in [1.82, 2.24) is 4.90 Å². The second-order valence-electron chi connectivity index (χ2n) is 5.60. The third kappa shape index (κ3) is 3.31. The molecule has 1 aromatic rings. The predicted octanol–water partition coefficient (Wildman–Crippen LogP) is 3.09. The Kier molecular flexibility index (Phi) is 4.53. The SMILES string of the molecule is CC(N)C1CCCN(C(C)c2ccc(F)cc2F)C1. The minimum absolute atomic E-state index is 0.0397. The summed E-state index contributed by atoms with van der Waals surface area (Å²) < 4.78 is 26.8. The number of hydrogen-bond donors (Lipinski definition) is 1. The first-order valence-electron chi connectivity index (χ1n) is 6.93. The van der Waals surface area contributed by atoms with Gasteiger partial charge in [0.1, 0.15) is 11.6 Å². The molecule has 1 aliphatic heterocycles. The van der Waals surface area contributed by atoms with Crippen molar-refractivity contribution in [3.05, 3.63) is 35.4 Å². The lowest BCUT2D eigenvalue weighted by atomic mass is 9.90. The van der Waals surface area contributed by atoms with E-state index in [4.69, 9.17) is 5.73 Å². The summed E-state index contributed by atoms with van der Waals surface area (Å²) in [5, 5.41) is 0. The van der Waals surface area contributed by atoms with Crippen molar-refractivity contribution in [3.63, 3.8) is 0 Å². The van der Waals surface area contributed by atoms with Gasteiger partial charge in [-0.2, -0.15) is 0 Å². The molecule has 106 valence electrons. The van der Waals surface area contributed by atoms with Crippen LogP contribution in [0, 0.1) is 17.6 Å². The van der Waals surface area contributed by atoms with Gasteiger partial charge in [-0.15, -0.1) is 0 Å². The standard InChI is InChI=1S/C15H22F2N2/c1-10(18)12-4-3-7-19(9-12)11(2)14-6-5-13(16)8-15(14)17/h5-6,8,10-12H,3-4,7,9,18H2,1-2H3. The molecule has 0 spiro atoms. The van der Waals surface area contributed by atoms with Crippen LogP contribution in [0.4, 0.5) is 8.78 Å². The van der Waals surface area contributed by atoms with E-state index in [9.17, 15) is 8.78 Å². The van der Waals surface area contributed by atoms with Gasteiger partial charge < -0.3 is 5.73 Å². The topological polar surface area (TPSA) is 29.3 Å². The van der Waals surface area contributed by atoms with Crippen LogP contribution in [-0.4, -0.2) is 24.0 Å². The first kappa shape index (κ1) is 14.4. The molecule has 0 bridgehead atoms. The lowest BCUT2D eigenvalue weighted by Crippen LogP contribution is -2.43. The summed E-state index contributed by atoms with van der Waals surface area (Å²) in [6, 6.07) is 3.95. The van der Waals surface area contributed by atoms with Crippen LogP contribution in [-0.2, 0) is 0 Å². The summed E-state index contributed by atoms with van der Waals surface area (Å²) in [4.78, 5) is 2.24. The molecule has 0 aliphatic carbocycles. The average molecular weight is 268 g/mol. The maximum atomic E-state index is 13.8. The van der Waals surface area contributed by atoms with Gasteiger partial charge in [-0.05, 0) is 45.2 Å². The Morgan fingerprint density at radius 3 is 2.68 bits per heavy atom. The van der Waals surface area contributed by atoms with Crippen LogP contribution < -0.4 is 5.73 Å². The number of hydrogen-bond acceptors (Lipinski definition) is 2.